The molecule has 2 nitrogen and oxygen atoms in total. The van der Waals surface area contributed by atoms with Gasteiger partial charge in [-0.05, 0) is 46.8 Å². The number of rotatable bonds is 1. The molecule has 0 bridgehead atoms. The van der Waals surface area contributed by atoms with Gasteiger partial charge in [-0.15, -0.1) is 0 Å². The highest BCUT2D eigenvalue weighted by Gasteiger charge is 2.31. The van der Waals surface area contributed by atoms with E-state index in [9.17, 15) is 4.39 Å². The van der Waals surface area contributed by atoms with Gasteiger partial charge in [0, 0.05) is 5.54 Å². The van der Waals surface area contributed by atoms with Gasteiger partial charge in [0.25, 0.3) is 0 Å². The highest BCUT2D eigenvalue weighted by Crippen LogP contribution is 2.32. The number of hydrogen-bond acceptors (Lipinski definition) is 1. The van der Waals surface area contributed by atoms with E-state index >= 15 is 0 Å². The van der Waals surface area contributed by atoms with Gasteiger partial charge in [-0.2, -0.15) is 0 Å². The molecular weight excluding hydrogens is 215 g/mol. The van der Waals surface area contributed by atoms with Crippen LogP contribution in [0.15, 0.2) is 24.3 Å². The molecule has 0 fully saturated rings. The third-order valence-corrected chi connectivity index (χ3v) is 2.76. The van der Waals surface area contributed by atoms with Crippen molar-refractivity contribution in [2.45, 2.75) is 45.8 Å². The molecule has 92 valence electrons. The summed E-state index contributed by atoms with van der Waals surface area (Å²) in [6.45, 7) is 9.30. The summed E-state index contributed by atoms with van der Waals surface area (Å²) in [7, 11) is 0. The molecule has 0 atom stereocenters. The minimum Gasteiger partial charge on any atom is -0.320 e. The number of hydrogen-bond donors (Lipinski definition) is 0. The first-order valence-corrected chi connectivity index (χ1v) is 5.88. The zero-order chi connectivity index (χ0) is 12.8. The summed E-state index contributed by atoms with van der Waals surface area (Å²) in [4.78, 5) is 4.44. The van der Waals surface area contributed by atoms with E-state index < -0.39 is 5.67 Å². The Morgan fingerprint density at radius 1 is 1.06 bits per heavy atom. The fourth-order valence-corrected chi connectivity index (χ4v) is 2.10. The van der Waals surface area contributed by atoms with Gasteiger partial charge in [-0.25, -0.2) is 9.37 Å². The Labute approximate surface area is 101 Å². The summed E-state index contributed by atoms with van der Waals surface area (Å²) < 4.78 is 16.3. The Balaban J connectivity index is 2.84. The fourth-order valence-electron chi connectivity index (χ4n) is 2.10. The minimum atomic E-state index is -1.44. The first kappa shape index (κ1) is 12.1. The molecule has 0 saturated heterocycles. The van der Waals surface area contributed by atoms with Crippen LogP contribution in [0.25, 0.3) is 11.0 Å². The van der Waals surface area contributed by atoms with Crippen LogP contribution in [0.4, 0.5) is 4.39 Å². The lowest BCUT2D eigenvalue weighted by molar-refractivity contribution is 0.188. The first-order valence-electron chi connectivity index (χ1n) is 5.88. The molecule has 0 saturated carbocycles. The van der Waals surface area contributed by atoms with Crippen molar-refractivity contribution in [2.75, 3.05) is 0 Å². The van der Waals surface area contributed by atoms with E-state index in [0.717, 1.165) is 11.0 Å². The topological polar surface area (TPSA) is 17.8 Å². The van der Waals surface area contributed by atoms with Crippen LogP contribution in [0.3, 0.4) is 0 Å². The van der Waals surface area contributed by atoms with Crippen molar-refractivity contribution in [3.8, 4) is 0 Å². The van der Waals surface area contributed by atoms with Gasteiger partial charge in [0.1, 0.15) is 5.82 Å². The SMILES string of the molecule is CC(C)(F)c1nc2ccccc2n1C(C)(C)C. The number of para-hydroxylation sites is 2. The second-order valence-corrected chi connectivity index (χ2v) is 5.90. The van der Waals surface area contributed by atoms with E-state index in [1.165, 1.54) is 0 Å². The van der Waals surface area contributed by atoms with Crippen molar-refractivity contribution in [2.24, 2.45) is 0 Å². The molecule has 1 aromatic heterocycles. The Morgan fingerprint density at radius 2 is 1.65 bits per heavy atom. The van der Waals surface area contributed by atoms with Crippen LogP contribution in [-0.4, -0.2) is 9.55 Å². The van der Waals surface area contributed by atoms with E-state index in [1.54, 1.807) is 13.8 Å². The highest BCUT2D eigenvalue weighted by molar-refractivity contribution is 5.76. The molecule has 0 spiro atoms. The molecule has 0 aliphatic heterocycles. The summed E-state index contributed by atoms with van der Waals surface area (Å²) in [5, 5.41) is 0. The molecule has 0 aliphatic carbocycles. The van der Waals surface area contributed by atoms with Crippen LogP contribution in [0.5, 0.6) is 0 Å². The van der Waals surface area contributed by atoms with Crippen molar-refractivity contribution in [1.29, 1.82) is 0 Å². The molecule has 1 aromatic carbocycles. The lowest BCUT2D eigenvalue weighted by Crippen LogP contribution is -2.28. The average Bonchev–Trinajstić information content (AvgIpc) is 2.54. The average molecular weight is 234 g/mol. The predicted molar refractivity (Wildman–Crippen MR) is 68.9 cm³/mol. The standard InChI is InChI=1S/C14H19FN2/c1-13(2,3)17-11-9-7-6-8-10(11)16-12(17)14(4,5)15/h6-9H,1-5H3. The summed E-state index contributed by atoms with van der Waals surface area (Å²) in [5.74, 6) is 0.492. The summed E-state index contributed by atoms with van der Waals surface area (Å²) >= 11 is 0. The van der Waals surface area contributed by atoms with Gasteiger partial charge >= 0.3 is 0 Å². The molecule has 0 amide bonds. The second-order valence-electron chi connectivity index (χ2n) is 5.90. The monoisotopic (exact) mass is 234 g/mol. The molecule has 0 unspecified atom stereocenters. The summed E-state index contributed by atoms with van der Waals surface area (Å²) in [6.07, 6.45) is 0. The zero-order valence-corrected chi connectivity index (χ0v) is 11.1. The van der Waals surface area contributed by atoms with Gasteiger partial charge in [0.15, 0.2) is 5.67 Å². The van der Waals surface area contributed by atoms with Crippen LogP contribution in [0, 0.1) is 0 Å². The maximum atomic E-state index is 14.3. The maximum absolute atomic E-state index is 14.3. The number of nitrogens with zero attached hydrogens (tertiary/aromatic N) is 2. The molecule has 1 heterocycles. The zero-order valence-electron chi connectivity index (χ0n) is 11.1. The predicted octanol–water partition coefficient (Wildman–Crippen LogP) is 4.00. The number of fused-ring (bicyclic) bond motifs is 1. The third-order valence-electron chi connectivity index (χ3n) is 2.76. The van der Waals surface area contributed by atoms with Crippen LogP contribution < -0.4 is 0 Å². The third kappa shape index (κ3) is 2.06. The molecule has 17 heavy (non-hydrogen) atoms. The Bertz CT molecular complexity index is 541. The molecule has 0 N–H and O–H groups in total. The Morgan fingerprint density at radius 3 is 2.18 bits per heavy atom. The van der Waals surface area contributed by atoms with Gasteiger partial charge in [-0.3, -0.25) is 0 Å². The molecule has 3 heteroatoms. The van der Waals surface area contributed by atoms with Gasteiger partial charge in [0.2, 0.25) is 0 Å². The number of aromatic nitrogens is 2. The lowest BCUT2D eigenvalue weighted by Gasteiger charge is -2.27. The molecule has 2 aromatic rings. The Kier molecular flexibility index (Phi) is 2.53. The van der Waals surface area contributed by atoms with Crippen LogP contribution in [0.1, 0.15) is 40.4 Å². The van der Waals surface area contributed by atoms with E-state index in [1.807, 2.05) is 28.8 Å². The molecule has 0 aliphatic rings. The number of halogens is 1. The second kappa shape index (κ2) is 3.56. The van der Waals surface area contributed by atoms with Crippen molar-refractivity contribution in [1.82, 2.24) is 9.55 Å². The van der Waals surface area contributed by atoms with E-state index in [-0.39, 0.29) is 5.54 Å². The van der Waals surface area contributed by atoms with E-state index in [0.29, 0.717) is 5.82 Å². The summed E-state index contributed by atoms with van der Waals surface area (Å²) in [6, 6.07) is 7.80. The first-order chi connectivity index (χ1) is 7.71. The van der Waals surface area contributed by atoms with Crippen molar-refractivity contribution < 1.29 is 4.39 Å². The van der Waals surface area contributed by atoms with Crippen molar-refractivity contribution in [3.63, 3.8) is 0 Å². The molecule has 2 rings (SSSR count). The van der Waals surface area contributed by atoms with E-state index in [2.05, 4.69) is 25.8 Å². The van der Waals surface area contributed by atoms with Crippen LogP contribution in [0.2, 0.25) is 0 Å². The quantitative estimate of drug-likeness (QED) is 0.729. The normalized spacial score (nSPS) is 13.3. The number of alkyl halides is 1. The minimum absolute atomic E-state index is 0.186. The lowest BCUT2D eigenvalue weighted by atomic mass is 10.1. The summed E-state index contributed by atoms with van der Waals surface area (Å²) in [5.41, 5.74) is 0.213. The number of benzene rings is 1. The Hall–Kier alpha value is -1.38. The largest absolute Gasteiger partial charge is 0.320 e. The van der Waals surface area contributed by atoms with Crippen molar-refractivity contribution >= 4 is 11.0 Å². The number of imidazole rings is 1. The van der Waals surface area contributed by atoms with Gasteiger partial charge < -0.3 is 4.57 Å². The van der Waals surface area contributed by atoms with Crippen molar-refractivity contribution in [3.05, 3.63) is 30.1 Å². The molecule has 0 radical (unpaired) electrons. The van der Waals surface area contributed by atoms with E-state index in [4.69, 9.17) is 0 Å². The van der Waals surface area contributed by atoms with Crippen LogP contribution >= 0.6 is 0 Å². The molecular formula is C14H19FN2. The van der Waals surface area contributed by atoms with Crippen LogP contribution in [-0.2, 0) is 11.2 Å². The van der Waals surface area contributed by atoms with Gasteiger partial charge in [-0.1, -0.05) is 12.1 Å². The maximum Gasteiger partial charge on any atom is 0.162 e. The smallest absolute Gasteiger partial charge is 0.162 e. The highest BCUT2D eigenvalue weighted by atomic mass is 19.1. The van der Waals surface area contributed by atoms with Gasteiger partial charge in [0.05, 0.1) is 11.0 Å². The fraction of sp³-hybridized carbons (Fsp3) is 0.500.